The van der Waals surface area contributed by atoms with Gasteiger partial charge in [-0.1, -0.05) is 45.4 Å². The molecule has 0 spiro atoms. The molecule has 2 aliphatic carbocycles. The number of amides is 4. The van der Waals surface area contributed by atoms with Gasteiger partial charge >= 0.3 is 6.03 Å². The number of carbonyl (C=O) groups excluding carboxylic acids is 3. The van der Waals surface area contributed by atoms with Crippen LogP contribution in [0.3, 0.4) is 0 Å². The van der Waals surface area contributed by atoms with Crippen molar-refractivity contribution in [2.45, 2.75) is 109 Å². The third-order valence-corrected chi connectivity index (χ3v) is 8.61. The standard InChI is InChI=1S/C28H43N5O3/c1-4-23(20-11-7-5-8-12-20)31-28(36)33-25(27(35)32(3)21-13-9-6-10-14-21)22(26(33)34)16-19-15-18(2)30-24(29)17-19/h15,17,20-23,25H,4-14,16H2,1-3H3,(H2,29,30)(H,31,36)/t22?,23-,25+/m1/s1. The van der Waals surface area contributed by atoms with Crippen molar-refractivity contribution in [2.75, 3.05) is 12.8 Å². The van der Waals surface area contributed by atoms with Crippen LogP contribution in [0.2, 0.25) is 0 Å². The minimum atomic E-state index is -0.789. The lowest BCUT2D eigenvalue weighted by Gasteiger charge is -2.47. The normalized spacial score (nSPS) is 24.2. The molecule has 0 bridgehead atoms. The van der Waals surface area contributed by atoms with Gasteiger partial charge in [0.05, 0.1) is 5.92 Å². The molecule has 1 aromatic rings. The molecule has 0 radical (unpaired) electrons. The third-order valence-electron chi connectivity index (χ3n) is 8.61. The number of nitrogens with zero attached hydrogens (tertiary/aromatic N) is 3. The van der Waals surface area contributed by atoms with Crippen molar-refractivity contribution >= 4 is 23.7 Å². The molecular weight excluding hydrogens is 454 g/mol. The molecule has 8 nitrogen and oxygen atoms in total. The Labute approximate surface area is 215 Å². The Morgan fingerprint density at radius 1 is 1.11 bits per heavy atom. The predicted molar refractivity (Wildman–Crippen MR) is 140 cm³/mol. The van der Waals surface area contributed by atoms with E-state index >= 15 is 0 Å². The van der Waals surface area contributed by atoms with Gasteiger partial charge in [-0.2, -0.15) is 0 Å². The van der Waals surface area contributed by atoms with Gasteiger partial charge in [0.1, 0.15) is 11.9 Å². The first-order valence-electron chi connectivity index (χ1n) is 13.9. The van der Waals surface area contributed by atoms with Crippen LogP contribution >= 0.6 is 0 Å². The lowest BCUT2D eigenvalue weighted by molar-refractivity contribution is -0.162. The summed E-state index contributed by atoms with van der Waals surface area (Å²) in [5.41, 5.74) is 7.58. The molecule has 3 N–H and O–H groups in total. The van der Waals surface area contributed by atoms with Crippen LogP contribution in [-0.4, -0.2) is 57.8 Å². The number of nitrogens with one attached hydrogen (secondary N) is 1. The van der Waals surface area contributed by atoms with Gasteiger partial charge in [-0.3, -0.25) is 14.5 Å². The fraction of sp³-hybridized carbons (Fsp3) is 0.714. The second-order valence-corrected chi connectivity index (χ2v) is 11.1. The molecule has 1 aliphatic heterocycles. The van der Waals surface area contributed by atoms with E-state index in [2.05, 4.69) is 17.2 Å². The molecule has 4 amide bonds. The number of hydrogen-bond donors (Lipinski definition) is 2. The van der Waals surface area contributed by atoms with Crippen molar-refractivity contribution in [2.24, 2.45) is 11.8 Å². The molecule has 1 aromatic heterocycles. The SMILES string of the molecule is CC[C@@H](NC(=O)N1C(=O)C(Cc2cc(C)nc(N)c2)[C@H]1C(=O)N(C)C1CCCCC1)C1CCCCC1. The molecule has 0 aromatic carbocycles. The maximum atomic E-state index is 13.8. The Balaban J connectivity index is 1.54. The van der Waals surface area contributed by atoms with Crippen molar-refractivity contribution < 1.29 is 14.4 Å². The van der Waals surface area contributed by atoms with E-state index in [1.807, 2.05) is 20.0 Å². The van der Waals surface area contributed by atoms with Gasteiger partial charge in [-0.05, 0) is 69.1 Å². The van der Waals surface area contributed by atoms with Crippen LogP contribution in [0, 0.1) is 18.8 Å². The molecule has 198 valence electrons. The minimum Gasteiger partial charge on any atom is -0.384 e. The van der Waals surface area contributed by atoms with Crippen molar-refractivity contribution in [3.05, 3.63) is 23.4 Å². The van der Waals surface area contributed by atoms with Crippen LogP contribution in [0.4, 0.5) is 10.6 Å². The molecule has 1 saturated heterocycles. The van der Waals surface area contributed by atoms with Gasteiger partial charge in [0.15, 0.2) is 0 Å². The number of aromatic nitrogens is 1. The van der Waals surface area contributed by atoms with Crippen LogP contribution in [0.5, 0.6) is 0 Å². The smallest absolute Gasteiger partial charge is 0.325 e. The molecule has 3 atom stereocenters. The second kappa shape index (κ2) is 11.6. The summed E-state index contributed by atoms with van der Waals surface area (Å²) in [5.74, 6) is -0.167. The average molecular weight is 498 g/mol. The Bertz CT molecular complexity index is 934. The highest BCUT2D eigenvalue weighted by molar-refractivity contribution is 6.09. The number of aryl methyl sites for hydroxylation is 1. The highest BCUT2D eigenvalue weighted by Gasteiger charge is 2.55. The lowest BCUT2D eigenvalue weighted by atomic mass is 9.80. The monoisotopic (exact) mass is 497 g/mol. The van der Waals surface area contributed by atoms with E-state index in [0.29, 0.717) is 18.2 Å². The Morgan fingerprint density at radius 3 is 2.36 bits per heavy atom. The highest BCUT2D eigenvalue weighted by atomic mass is 16.2. The second-order valence-electron chi connectivity index (χ2n) is 11.1. The van der Waals surface area contributed by atoms with E-state index in [9.17, 15) is 14.4 Å². The largest absolute Gasteiger partial charge is 0.384 e. The first-order chi connectivity index (χ1) is 17.3. The minimum absolute atomic E-state index is 0.0270. The Kier molecular flexibility index (Phi) is 8.52. The molecule has 8 heteroatoms. The molecular formula is C28H43N5O3. The zero-order valence-electron chi connectivity index (χ0n) is 22.2. The number of nitrogen functional groups attached to an aromatic ring is 1. The van der Waals surface area contributed by atoms with Gasteiger partial charge in [0, 0.05) is 24.8 Å². The van der Waals surface area contributed by atoms with Crippen molar-refractivity contribution in [3.63, 3.8) is 0 Å². The van der Waals surface area contributed by atoms with Crippen LogP contribution in [-0.2, 0) is 16.0 Å². The van der Waals surface area contributed by atoms with Crippen molar-refractivity contribution in [3.8, 4) is 0 Å². The molecule has 2 heterocycles. The molecule has 4 rings (SSSR count). The third kappa shape index (κ3) is 5.68. The number of nitrogens with two attached hydrogens (primary N) is 1. The zero-order chi connectivity index (χ0) is 25.8. The summed E-state index contributed by atoms with van der Waals surface area (Å²) >= 11 is 0. The Hall–Kier alpha value is -2.64. The van der Waals surface area contributed by atoms with E-state index < -0.39 is 18.0 Å². The number of likely N-dealkylation sites (tertiary alicyclic amines) is 1. The molecule has 3 aliphatic rings. The van der Waals surface area contributed by atoms with Gasteiger partial charge in [0.25, 0.3) is 0 Å². The summed E-state index contributed by atoms with van der Waals surface area (Å²) in [5, 5.41) is 3.14. The quantitative estimate of drug-likeness (QED) is 0.549. The van der Waals surface area contributed by atoms with E-state index in [1.54, 1.807) is 11.0 Å². The number of imide groups is 1. The highest BCUT2D eigenvalue weighted by Crippen LogP contribution is 2.34. The fourth-order valence-corrected chi connectivity index (χ4v) is 6.57. The van der Waals surface area contributed by atoms with Crippen LogP contribution in [0.15, 0.2) is 12.1 Å². The van der Waals surface area contributed by atoms with Crippen molar-refractivity contribution in [1.82, 2.24) is 20.1 Å². The van der Waals surface area contributed by atoms with Crippen molar-refractivity contribution in [1.29, 1.82) is 0 Å². The first-order valence-corrected chi connectivity index (χ1v) is 13.9. The zero-order valence-corrected chi connectivity index (χ0v) is 22.2. The summed E-state index contributed by atoms with van der Waals surface area (Å²) in [6.45, 7) is 3.94. The van der Waals surface area contributed by atoms with Crippen LogP contribution in [0.1, 0.15) is 88.8 Å². The molecule has 1 unspecified atom stereocenters. The van der Waals surface area contributed by atoms with Gasteiger partial charge < -0.3 is 16.0 Å². The van der Waals surface area contributed by atoms with Gasteiger partial charge in [-0.15, -0.1) is 0 Å². The lowest BCUT2D eigenvalue weighted by Crippen LogP contribution is -2.71. The van der Waals surface area contributed by atoms with Gasteiger partial charge in [-0.25, -0.2) is 9.78 Å². The summed E-state index contributed by atoms with van der Waals surface area (Å²) < 4.78 is 0. The number of rotatable bonds is 7. The number of pyridine rings is 1. The van der Waals surface area contributed by atoms with E-state index in [4.69, 9.17) is 5.73 Å². The first kappa shape index (κ1) is 26.4. The number of anilines is 1. The van der Waals surface area contributed by atoms with E-state index in [1.165, 1.54) is 30.6 Å². The predicted octanol–water partition coefficient (Wildman–Crippen LogP) is 4.20. The topological polar surface area (TPSA) is 109 Å². The summed E-state index contributed by atoms with van der Waals surface area (Å²) in [6, 6.07) is 2.63. The summed E-state index contributed by atoms with van der Waals surface area (Å²) in [7, 11) is 1.83. The number of hydrogen-bond acceptors (Lipinski definition) is 5. The number of β-lactam (4-membered cyclic amide) rings is 1. The fourth-order valence-electron chi connectivity index (χ4n) is 6.57. The summed E-state index contributed by atoms with van der Waals surface area (Å²) in [4.78, 5) is 47.9. The maximum absolute atomic E-state index is 13.8. The number of likely N-dealkylation sites (N-methyl/N-ethyl adjacent to an activating group) is 1. The van der Waals surface area contributed by atoms with E-state index in [-0.39, 0.29) is 23.9 Å². The molecule has 2 saturated carbocycles. The Morgan fingerprint density at radius 2 is 1.75 bits per heavy atom. The molecule has 3 fully saturated rings. The number of carbonyl (C=O) groups is 3. The van der Waals surface area contributed by atoms with Crippen LogP contribution in [0.25, 0.3) is 0 Å². The number of urea groups is 1. The van der Waals surface area contributed by atoms with E-state index in [0.717, 1.165) is 56.2 Å². The summed E-state index contributed by atoms with van der Waals surface area (Å²) in [6.07, 6.45) is 12.4. The van der Waals surface area contributed by atoms with Gasteiger partial charge in [0.2, 0.25) is 11.8 Å². The molecule has 36 heavy (non-hydrogen) atoms. The maximum Gasteiger partial charge on any atom is 0.325 e. The average Bonchev–Trinajstić information content (AvgIpc) is 2.88. The van der Waals surface area contributed by atoms with Crippen LogP contribution < -0.4 is 11.1 Å².